The summed E-state index contributed by atoms with van der Waals surface area (Å²) in [5.74, 6) is -0.774. The van der Waals surface area contributed by atoms with E-state index >= 15 is 0 Å². The van der Waals surface area contributed by atoms with Gasteiger partial charge in [-0.3, -0.25) is 14.5 Å². The van der Waals surface area contributed by atoms with Crippen LogP contribution in [0.5, 0.6) is 0 Å². The Bertz CT molecular complexity index is 909. The van der Waals surface area contributed by atoms with Crippen LogP contribution < -0.4 is 10.2 Å². The molecule has 1 aromatic rings. The quantitative estimate of drug-likeness (QED) is 0.749. The van der Waals surface area contributed by atoms with Gasteiger partial charge in [0, 0.05) is 18.3 Å². The SMILES string of the molecule is CCS(=O)(=O)N1CC(=O)N(c2ccccc2C)[C@@](C)(C(=O)NC2CCCCCCC2)C1. The standard InChI is InChI=1S/C23H35N3O4S/c1-4-31(29,30)25-16-21(27)26(20-15-11-10-12-18(20)2)23(3,17-25)22(28)24-19-13-8-6-5-7-9-14-19/h10-12,15,19H,4-9,13-14,16-17H2,1-3H3,(H,24,28)/t23-/m1/s1. The van der Waals surface area contributed by atoms with E-state index in [1.807, 2.05) is 31.2 Å². The minimum absolute atomic E-state index is 0.0524. The van der Waals surface area contributed by atoms with Gasteiger partial charge in [0.1, 0.15) is 5.54 Å². The van der Waals surface area contributed by atoms with Crippen molar-refractivity contribution in [3.63, 3.8) is 0 Å². The van der Waals surface area contributed by atoms with Crippen LogP contribution in [0.3, 0.4) is 0 Å². The Hall–Kier alpha value is -1.93. The van der Waals surface area contributed by atoms with Gasteiger partial charge in [0.15, 0.2) is 0 Å². The summed E-state index contributed by atoms with van der Waals surface area (Å²) in [6, 6.07) is 7.48. The van der Waals surface area contributed by atoms with Crippen molar-refractivity contribution in [1.29, 1.82) is 0 Å². The van der Waals surface area contributed by atoms with Gasteiger partial charge in [-0.2, -0.15) is 4.31 Å². The van der Waals surface area contributed by atoms with E-state index in [0.717, 1.165) is 31.2 Å². The van der Waals surface area contributed by atoms with Gasteiger partial charge in [0.05, 0.1) is 12.3 Å². The highest BCUT2D eigenvalue weighted by Crippen LogP contribution is 2.33. The first-order valence-corrected chi connectivity index (χ1v) is 13.0. The highest BCUT2D eigenvalue weighted by atomic mass is 32.2. The molecule has 2 aliphatic rings. The van der Waals surface area contributed by atoms with Crippen molar-refractivity contribution in [1.82, 2.24) is 9.62 Å². The minimum atomic E-state index is -3.61. The minimum Gasteiger partial charge on any atom is -0.351 e. The smallest absolute Gasteiger partial charge is 0.247 e. The Labute approximate surface area is 186 Å². The Morgan fingerprint density at radius 1 is 1.13 bits per heavy atom. The number of sulfonamides is 1. The van der Waals surface area contributed by atoms with Crippen molar-refractivity contribution in [2.45, 2.75) is 77.3 Å². The fourth-order valence-corrected chi connectivity index (χ4v) is 5.80. The maximum absolute atomic E-state index is 13.7. The van der Waals surface area contributed by atoms with Crippen LogP contribution in [0.2, 0.25) is 0 Å². The molecule has 0 radical (unpaired) electrons. The number of nitrogens with one attached hydrogen (secondary N) is 1. The van der Waals surface area contributed by atoms with Gasteiger partial charge in [-0.25, -0.2) is 8.42 Å². The molecular formula is C23H35N3O4S. The number of carbonyl (C=O) groups is 2. The molecule has 3 rings (SSSR count). The molecule has 31 heavy (non-hydrogen) atoms. The number of nitrogens with zero attached hydrogens (tertiary/aromatic N) is 2. The number of carbonyl (C=O) groups excluding carboxylic acids is 2. The lowest BCUT2D eigenvalue weighted by Crippen LogP contribution is -2.71. The molecule has 1 aliphatic carbocycles. The van der Waals surface area contributed by atoms with Crippen molar-refractivity contribution in [2.75, 3.05) is 23.7 Å². The number of amides is 2. The van der Waals surface area contributed by atoms with E-state index in [1.54, 1.807) is 13.8 Å². The van der Waals surface area contributed by atoms with Gasteiger partial charge in [0.25, 0.3) is 0 Å². The molecule has 1 aliphatic heterocycles. The first kappa shape index (κ1) is 23.7. The normalized spacial score (nSPS) is 24.5. The first-order chi connectivity index (χ1) is 14.7. The van der Waals surface area contributed by atoms with Gasteiger partial charge in [-0.15, -0.1) is 0 Å². The second-order valence-electron chi connectivity index (χ2n) is 8.97. The molecule has 1 N–H and O–H groups in total. The van der Waals surface area contributed by atoms with E-state index in [1.165, 1.54) is 28.5 Å². The summed E-state index contributed by atoms with van der Waals surface area (Å²) in [5.41, 5.74) is 0.190. The highest BCUT2D eigenvalue weighted by Gasteiger charge is 2.51. The number of aryl methyl sites for hydroxylation is 1. The van der Waals surface area contributed by atoms with Crippen molar-refractivity contribution < 1.29 is 18.0 Å². The third-order valence-electron chi connectivity index (χ3n) is 6.58. The number of para-hydroxylation sites is 1. The summed E-state index contributed by atoms with van der Waals surface area (Å²) in [6.07, 6.45) is 7.53. The molecule has 0 unspecified atom stereocenters. The summed E-state index contributed by atoms with van der Waals surface area (Å²) in [6.45, 7) is 4.83. The average molecular weight is 450 g/mol. The number of piperazine rings is 1. The van der Waals surface area contributed by atoms with Crippen LogP contribution in [0.4, 0.5) is 5.69 Å². The summed E-state index contributed by atoms with van der Waals surface area (Å²) in [5, 5.41) is 3.17. The fraction of sp³-hybridized carbons (Fsp3) is 0.652. The van der Waals surface area contributed by atoms with Crippen molar-refractivity contribution >= 4 is 27.5 Å². The summed E-state index contributed by atoms with van der Waals surface area (Å²) in [4.78, 5) is 28.4. The van der Waals surface area contributed by atoms with E-state index in [2.05, 4.69) is 5.32 Å². The lowest BCUT2D eigenvalue weighted by molar-refractivity contribution is -0.133. The maximum Gasteiger partial charge on any atom is 0.247 e. The lowest BCUT2D eigenvalue weighted by Gasteiger charge is -2.47. The van der Waals surface area contributed by atoms with Gasteiger partial charge in [0.2, 0.25) is 21.8 Å². The van der Waals surface area contributed by atoms with Crippen LogP contribution in [0.1, 0.15) is 64.4 Å². The van der Waals surface area contributed by atoms with Crippen LogP contribution in [-0.2, 0) is 19.6 Å². The average Bonchev–Trinajstić information content (AvgIpc) is 2.70. The molecule has 8 heteroatoms. The topological polar surface area (TPSA) is 86.8 Å². The van der Waals surface area contributed by atoms with Crippen LogP contribution in [-0.4, -0.2) is 55.0 Å². The summed E-state index contributed by atoms with van der Waals surface area (Å²) < 4.78 is 26.4. The van der Waals surface area contributed by atoms with Crippen molar-refractivity contribution in [2.24, 2.45) is 0 Å². The monoisotopic (exact) mass is 449 g/mol. The lowest BCUT2D eigenvalue weighted by atomic mass is 9.91. The number of rotatable bonds is 5. The molecule has 1 aromatic carbocycles. The zero-order chi connectivity index (χ0) is 22.6. The predicted octanol–water partition coefficient (Wildman–Crippen LogP) is 2.98. The van der Waals surface area contributed by atoms with Gasteiger partial charge in [-0.1, -0.05) is 50.3 Å². The van der Waals surface area contributed by atoms with Gasteiger partial charge < -0.3 is 5.32 Å². The molecule has 1 heterocycles. The second-order valence-corrected chi connectivity index (χ2v) is 11.2. The zero-order valence-corrected chi connectivity index (χ0v) is 19.7. The Kier molecular flexibility index (Phi) is 7.42. The molecule has 0 bridgehead atoms. The van der Waals surface area contributed by atoms with Crippen LogP contribution in [0.25, 0.3) is 0 Å². The molecule has 2 fully saturated rings. The third kappa shape index (κ3) is 5.12. The molecule has 0 aromatic heterocycles. The van der Waals surface area contributed by atoms with E-state index in [4.69, 9.17) is 0 Å². The van der Waals surface area contributed by atoms with E-state index in [-0.39, 0.29) is 36.7 Å². The molecule has 1 saturated carbocycles. The fourth-order valence-electron chi connectivity index (χ4n) is 4.68. The third-order valence-corrected chi connectivity index (χ3v) is 8.36. The molecule has 1 saturated heterocycles. The molecule has 1 atom stereocenters. The molecular weight excluding hydrogens is 414 g/mol. The summed E-state index contributed by atoms with van der Waals surface area (Å²) in [7, 11) is -3.61. The van der Waals surface area contributed by atoms with Crippen LogP contribution >= 0.6 is 0 Å². The predicted molar refractivity (Wildman–Crippen MR) is 122 cm³/mol. The van der Waals surface area contributed by atoms with Crippen molar-refractivity contribution in [3.05, 3.63) is 29.8 Å². The largest absolute Gasteiger partial charge is 0.351 e. The van der Waals surface area contributed by atoms with Crippen LogP contribution in [0, 0.1) is 6.92 Å². The number of benzene rings is 1. The first-order valence-electron chi connectivity index (χ1n) is 11.4. The van der Waals surface area contributed by atoms with E-state index < -0.39 is 15.6 Å². The number of hydrogen-bond acceptors (Lipinski definition) is 4. The Morgan fingerprint density at radius 3 is 2.35 bits per heavy atom. The second kappa shape index (κ2) is 9.69. The van der Waals surface area contributed by atoms with E-state index in [0.29, 0.717) is 5.69 Å². The van der Waals surface area contributed by atoms with E-state index in [9.17, 15) is 18.0 Å². The highest BCUT2D eigenvalue weighted by molar-refractivity contribution is 7.89. The van der Waals surface area contributed by atoms with Crippen LogP contribution in [0.15, 0.2) is 24.3 Å². The Morgan fingerprint density at radius 2 is 1.74 bits per heavy atom. The summed E-state index contributed by atoms with van der Waals surface area (Å²) >= 11 is 0. The van der Waals surface area contributed by atoms with Gasteiger partial charge in [-0.05, 0) is 45.2 Å². The maximum atomic E-state index is 13.7. The molecule has 172 valence electrons. The zero-order valence-electron chi connectivity index (χ0n) is 18.9. The molecule has 7 nitrogen and oxygen atoms in total. The number of anilines is 1. The van der Waals surface area contributed by atoms with Gasteiger partial charge >= 0.3 is 0 Å². The molecule has 0 spiro atoms. The number of hydrogen-bond donors (Lipinski definition) is 1. The molecule has 2 amide bonds. The Balaban J connectivity index is 1.96. The van der Waals surface area contributed by atoms with Crippen molar-refractivity contribution in [3.8, 4) is 0 Å².